The van der Waals surface area contributed by atoms with Crippen LogP contribution in [0.15, 0.2) is 12.3 Å². The van der Waals surface area contributed by atoms with Crippen LogP contribution in [-0.4, -0.2) is 15.8 Å². The second kappa shape index (κ2) is 3.30. The van der Waals surface area contributed by atoms with Crippen molar-refractivity contribution < 1.29 is 4.79 Å². The topological polar surface area (TPSA) is 68.9 Å². The van der Waals surface area contributed by atoms with E-state index in [-0.39, 0.29) is 17.6 Å². The molecule has 64 valence electrons. The number of aromatic nitrogens is 2. The number of anilines is 1. The highest BCUT2D eigenvalue weighted by atomic mass is 16.1. The van der Waals surface area contributed by atoms with Crippen LogP contribution in [0.4, 0.5) is 5.95 Å². The van der Waals surface area contributed by atoms with E-state index in [0.29, 0.717) is 5.69 Å². The lowest BCUT2D eigenvalue weighted by Gasteiger charge is -2.05. The normalized spacial score (nSPS) is 12.5. The molecule has 1 rings (SSSR count). The molecular formula is C8H11N3O. The van der Waals surface area contributed by atoms with Gasteiger partial charge in [-0.1, -0.05) is 0 Å². The van der Waals surface area contributed by atoms with E-state index < -0.39 is 0 Å². The Balaban J connectivity index is 2.95. The predicted molar refractivity (Wildman–Crippen MR) is 45.5 cm³/mol. The molecule has 0 bridgehead atoms. The van der Waals surface area contributed by atoms with Crippen LogP contribution in [0, 0.1) is 0 Å². The Kier molecular flexibility index (Phi) is 2.38. The number of rotatable bonds is 2. The van der Waals surface area contributed by atoms with Crippen LogP contribution in [0.1, 0.15) is 25.5 Å². The lowest BCUT2D eigenvalue weighted by atomic mass is 10.0. The van der Waals surface area contributed by atoms with E-state index in [1.165, 1.54) is 6.92 Å². The summed E-state index contributed by atoms with van der Waals surface area (Å²) < 4.78 is 0. The fourth-order valence-electron chi connectivity index (χ4n) is 0.838. The van der Waals surface area contributed by atoms with Crippen LogP contribution in [0.3, 0.4) is 0 Å². The van der Waals surface area contributed by atoms with Gasteiger partial charge in [-0.15, -0.1) is 0 Å². The number of carbonyl (C=O) groups excluding carboxylic acids is 1. The van der Waals surface area contributed by atoms with E-state index in [9.17, 15) is 4.79 Å². The fourth-order valence-corrected chi connectivity index (χ4v) is 0.838. The zero-order valence-corrected chi connectivity index (χ0v) is 7.11. The molecule has 1 aromatic rings. The van der Waals surface area contributed by atoms with E-state index in [4.69, 9.17) is 5.73 Å². The first-order chi connectivity index (χ1) is 5.61. The Hall–Kier alpha value is -1.45. The first kappa shape index (κ1) is 8.64. The Labute approximate surface area is 70.8 Å². The summed E-state index contributed by atoms with van der Waals surface area (Å²) in [7, 11) is 0. The molecule has 0 aliphatic heterocycles. The lowest BCUT2D eigenvalue weighted by Crippen LogP contribution is -2.08. The van der Waals surface area contributed by atoms with Crippen molar-refractivity contribution in [1.29, 1.82) is 0 Å². The van der Waals surface area contributed by atoms with Gasteiger partial charge in [-0.25, -0.2) is 9.97 Å². The SMILES string of the molecule is CC(=O)C(C)c1ccnc(N)n1. The lowest BCUT2D eigenvalue weighted by molar-refractivity contribution is -0.118. The van der Waals surface area contributed by atoms with Gasteiger partial charge in [-0.2, -0.15) is 0 Å². The molecule has 0 radical (unpaired) electrons. The van der Waals surface area contributed by atoms with E-state index in [0.717, 1.165) is 0 Å². The van der Waals surface area contributed by atoms with Crippen molar-refractivity contribution in [2.24, 2.45) is 0 Å². The van der Waals surface area contributed by atoms with Crippen LogP contribution < -0.4 is 5.73 Å². The van der Waals surface area contributed by atoms with Gasteiger partial charge in [0.25, 0.3) is 0 Å². The summed E-state index contributed by atoms with van der Waals surface area (Å²) in [5.74, 6) is 0.0870. The molecule has 0 amide bonds. The number of nitrogen functional groups attached to an aromatic ring is 1. The minimum atomic E-state index is -0.199. The number of Topliss-reactive ketones (excluding diaryl/α,β-unsaturated/α-hetero) is 1. The van der Waals surface area contributed by atoms with Gasteiger partial charge in [-0.05, 0) is 19.9 Å². The second-order valence-corrected chi connectivity index (χ2v) is 2.67. The molecular weight excluding hydrogens is 154 g/mol. The molecule has 0 fully saturated rings. The third kappa shape index (κ3) is 1.78. The van der Waals surface area contributed by atoms with Gasteiger partial charge in [0, 0.05) is 6.20 Å². The molecule has 1 atom stereocenters. The first-order valence-electron chi connectivity index (χ1n) is 3.70. The Bertz CT molecular complexity index is 298. The molecule has 0 aliphatic carbocycles. The van der Waals surface area contributed by atoms with Gasteiger partial charge in [0.05, 0.1) is 11.6 Å². The van der Waals surface area contributed by atoms with Crippen molar-refractivity contribution in [3.63, 3.8) is 0 Å². The smallest absolute Gasteiger partial charge is 0.220 e. The quantitative estimate of drug-likeness (QED) is 0.702. The summed E-state index contributed by atoms with van der Waals surface area (Å²) in [5, 5.41) is 0. The zero-order chi connectivity index (χ0) is 9.14. The fraction of sp³-hybridized carbons (Fsp3) is 0.375. The highest BCUT2D eigenvalue weighted by Crippen LogP contribution is 2.12. The Morgan fingerprint density at radius 2 is 2.33 bits per heavy atom. The van der Waals surface area contributed by atoms with Crippen LogP contribution >= 0.6 is 0 Å². The van der Waals surface area contributed by atoms with Crippen LogP contribution in [0.5, 0.6) is 0 Å². The standard InChI is InChI=1S/C8H11N3O/c1-5(6(2)12)7-3-4-10-8(9)11-7/h3-5H,1-2H3,(H2,9,10,11). The second-order valence-electron chi connectivity index (χ2n) is 2.67. The van der Waals surface area contributed by atoms with E-state index in [1.54, 1.807) is 19.2 Å². The molecule has 4 heteroatoms. The van der Waals surface area contributed by atoms with Crippen LogP contribution in [0.25, 0.3) is 0 Å². The van der Waals surface area contributed by atoms with E-state index in [2.05, 4.69) is 9.97 Å². The number of hydrogen-bond acceptors (Lipinski definition) is 4. The van der Waals surface area contributed by atoms with Gasteiger partial charge in [0.2, 0.25) is 5.95 Å². The number of hydrogen-bond donors (Lipinski definition) is 1. The molecule has 0 saturated carbocycles. The molecule has 0 aliphatic rings. The van der Waals surface area contributed by atoms with Crippen molar-refractivity contribution in [3.8, 4) is 0 Å². The van der Waals surface area contributed by atoms with Gasteiger partial charge in [-0.3, -0.25) is 4.79 Å². The maximum absolute atomic E-state index is 11.0. The maximum atomic E-state index is 11.0. The van der Waals surface area contributed by atoms with Gasteiger partial charge in [0.15, 0.2) is 0 Å². The summed E-state index contributed by atoms with van der Waals surface area (Å²) in [6.07, 6.45) is 1.55. The summed E-state index contributed by atoms with van der Waals surface area (Å²) >= 11 is 0. The summed E-state index contributed by atoms with van der Waals surface area (Å²) in [5.41, 5.74) is 6.04. The number of nitrogens with zero attached hydrogens (tertiary/aromatic N) is 2. The molecule has 0 aromatic carbocycles. The number of nitrogens with two attached hydrogens (primary N) is 1. The predicted octanol–water partition coefficient (Wildman–Crippen LogP) is 0.751. The van der Waals surface area contributed by atoms with Crippen molar-refractivity contribution in [2.75, 3.05) is 5.73 Å². The number of ketones is 1. The first-order valence-corrected chi connectivity index (χ1v) is 3.70. The Morgan fingerprint density at radius 1 is 1.67 bits per heavy atom. The van der Waals surface area contributed by atoms with E-state index >= 15 is 0 Å². The zero-order valence-electron chi connectivity index (χ0n) is 7.11. The molecule has 4 nitrogen and oxygen atoms in total. The highest BCUT2D eigenvalue weighted by molar-refractivity contribution is 5.82. The Morgan fingerprint density at radius 3 is 2.83 bits per heavy atom. The summed E-state index contributed by atoms with van der Waals surface area (Å²) in [6.45, 7) is 3.33. The maximum Gasteiger partial charge on any atom is 0.220 e. The average Bonchev–Trinajstić information content (AvgIpc) is 2.03. The third-order valence-corrected chi connectivity index (χ3v) is 1.75. The molecule has 1 unspecified atom stereocenters. The molecule has 1 aromatic heterocycles. The summed E-state index contributed by atoms with van der Waals surface area (Å²) in [4.78, 5) is 18.6. The minimum Gasteiger partial charge on any atom is -0.368 e. The molecule has 0 spiro atoms. The largest absolute Gasteiger partial charge is 0.368 e. The minimum absolute atomic E-state index is 0.0769. The molecule has 1 heterocycles. The van der Waals surface area contributed by atoms with Crippen molar-refractivity contribution in [3.05, 3.63) is 18.0 Å². The monoisotopic (exact) mass is 165 g/mol. The van der Waals surface area contributed by atoms with Crippen LogP contribution in [-0.2, 0) is 4.79 Å². The van der Waals surface area contributed by atoms with Gasteiger partial charge >= 0.3 is 0 Å². The average molecular weight is 165 g/mol. The van der Waals surface area contributed by atoms with Crippen molar-refractivity contribution in [2.45, 2.75) is 19.8 Å². The van der Waals surface area contributed by atoms with Crippen LogP contribution in [0.2, 0.25) is 0 Å². The van der Waals surface area contributed by atoms with Crippen molar-refractivity contribution >= 4 is 11.7 Å². The summed E-state index contributed by atoms with van der Waals surface area (Å²) in [6, 6.07) is 1.70. The number of carbonyl (C=O) groups is 1. The van der Waals surface area contributed by atoms with E-state index in [1.807, 2.05) is 0 Å². The molecule has 0 saturated heterocycles. The van der Waals surface area contributed by atoms with Gasteiger partial charge < -0.3 is 5.73 Å². The molecule has 12 heavy (non-hydrogen) atoms. The van der Waals surface area contributed by atoms with Crippen molar-refractivity contribution in [1.82, 2.24) is 9.97 Å². The van der Waals surface area contributed by atoms with Gasteiger partial charge in [0.1, 0.15) is 5.78 Å². The molecule has 2 N–H and O–H groups in total. The third-order valence-electron chi connectivity index (χ3n) is 1.75. The highest BCUT2D eigenvalue weighted by Gasteiger charge is 2.11.